The average Bonchev–Trinajstić information content (AvgIpc) is 3.11. The highest BCUT2D eigenvalue weighted by molar-refractivity contribution is 5.77. The average molecular weight is 564 g/mol. The molecule has 0 radical (unpaired) electrons. The summed E-state index contributed by atoms with van der Waals surface area (Å²) in [4.78, 5) is 24.3. The summed E-state index contributed by atoms with van der Waals surface area (Å²) in [6, 6.07) is 6.40. The van der Waals surface area contributed by atoms with Crippen LogP contribution in [0.1, 0.15) is 51.7 Å². The monoisotopic (exact) mass is 563 g/mol. The van der Waals surface area contributed by atoms with E-state index < -0.39 is 11.7 Å². The predicted octanol–water partition coefficient (Wildman–Crippen LogP) is 4.43. The second-order valence-electron chi connectivity index (χ2n) is 10.8. The molecule has 2 fully saturated rings. The summed E-state index contributed by atoms with van der Waals surface area (Å²) in [5.74, 6) is -0.314. The highest BCUT2D eigenvalue weighted by atomic mass is 19.4. The first kappa shape index (κ1) is 29.9. The third-order valence-corrected chi connectivity index (χ3v) is 7.86. The number of hydrogen-bond acceptors (Lipinski definition) is 8. The zero-order valence-electron chi connectivity index (χ0n) is 23.7. The van der Waals surface area contributed by atoms with Crippen LogP contribution in [0.4, 0.5) is 36.3 Å². The van der Waals surface area contributed by atoms with Crippen molar-refractivity contribution in [1.82, 2.24) is 20.2 Å². The first-order valence-corrected chi connectivity index (χ1v) is 13.9. The third-order valence-electron chi connectivity index (χ3n) is 7.86. The van der Waals surface area contributed by atoms with Crippen molar-refractivity contribution in [2.45, 2.75) is 64.7 Å². The van der Waals surface area contributed by atoms with Gasteiger partial charge in [-0.15, -0.1) is 0 Å². The van der Waals surface area contributed by atoms with Crippen LogP contribution in [0.15, 0.2) is 24.4 Å². The van der Waals surface area contributed by atoms with Crippen LogP contribution >= 0.6 is 0 Å². The van der Waals surface area contributed by atoms with Crippen molar-refractivity contribution < 1.29 is 22.7 Å². The maximum absolute atomic E-state index is 13.7. The number of anilines is 4. The van der Waals surface area contributed by atoms with E-state index in [-0.39, 0.29) is 36.4 Å². The minimum Gasteiger partial charge on any atom is -0.372 e. The van der Waals surface area contributed by atoms with Crippen molar-refractivity contribution in [3.05, 3.63) is 35.5 Å². The van der Waals surface area contributed by atoms with E-state index in [9.17, 15) is 18.0 Å². The molecule has 2 aromatic rings. The van der Waals surface area contributed by atoms with Gasteiger partial charge in [-0.05, 0) is 63.8 Å². The summed E-state index contributed by atoms with van der Waals surface area (Å²) in [5.41, 5.74) is 1.86. The molecule has 1 aromatic heterocycles. The Hall–Kier alpha value is -3.12. The first-order valence-electron chi connectivity index (χ1n) is 13.9. The van der Waals surface area contributed by atoms with Crippen LogP contribution in [-0.2, 0) is 22.1 Å². The molecule has 3 N–H and O–H groups in total. The minimum absolute atomic E-state index is 0.0411. The lowest BCUT2D eigenvalue weighted by Crippen LogP contribution is -2.63. The van der Waals surface area contributed by atoms with Crippen molar-refractivity contribution in [3.8, 4) is 0 Å². The molecule has 0 saturated carbocycles. The number of rotatable bonds is 9. The van der Waals surface area contributed by atoms with E-state index in [0.29, 0.717) is 32.2 Å². The number of aryl methyl sites for hydroxylation is 1. The van der Waals surface area contributed by atoms with Crippen LogP contribution < -0.4 is 20.9 Å². The van der Waals surface area contributed by atoms with Gasteiger partial charge in [0.05, 0.1) is 0 Å². The molecule has 220 valence electrons. The number of alkyl halides is 3. The number of carbonyl (C=O) groups is 1. The molecule has 1 aromatic carbocycles. The molecule has 4 rings (SSSR count). The van der Waals surface area contributed by atoms with Crippen molar-refractivity contribution >= 4 is 29.0 Å². The van der Waals surface area contributed by atoms with Crippen LogP contribution in [0.25, 0.3) is 0 Å². The first-order chi connectivity index (χ1) is 19.0. The fourth-order valence-corrected chi connectivity index (χ4v) is 5.14. The Labute approximate surface area is 233 Å². The van der Waals surface area contributed by atoms with E-state index in [0.717, 1.165) is 49.1 Å². The number of piperazine rings is 1. The molecule has 2 aliphatic heterocycles. The molecule has 40 heavy (non-hydrogen) atoms. The van der Waals surface area contributed by atoms with Gasteiger partial charge >= 0.3 is 6.18 Å². The van der Waals surface area contributed by atoms with Crippen molar-refractivity contribution in [2.24, 2.45) is 0 Å². The second kappa shape index (κ2) is 12.6. The van der Waals surface area contributed by atoms with Crippen molar-refractivity contribution in [3.63, 3.8) is 0 Å². The lowest BCUT2D eigenvalue weighted by atomic mass is 9.90. The Morgan fingerprint density at radius 1 is 1.25 bits per heavy atom. The third kappa shape index (κ3) is 6.95. The smallest absolute Gasteiger partial charge is 0.372 e. The van der Waals surface area contributed by atoms with Crippen LogP contribution in [0.3, 0.4) is 0 Å². The van der Waals surface area contributed by atoms with Gasteiger partial charge in [0, 0.05) is 68.5 Å². The molecule has 9 nitrogen and oxygen atoms in total. The molecule has 0 spiro atoms. The predicted molar refractivity (Wildman–Crippen MR) is 150 cm³/mol. The molecule has 1 atom stereocenters. The Balaban J connectivity index is 1.48. The Kier molecular flexibility index (Phi) is 9.40. The van der Waals surface area contributed by atoms with Gasteiger partial charge in [-0.3, -0.25) is 4.79 Å². The lowest BCUT2D eigenvalue weighted by Gasteiger charge is -2.49. The summed E-state index contributed by atoms with van der Waals surface area (Å²) in [7, 11) is 0. The maximum Gasteiger partial charge on any atom is 0.421 e. The van der Waals surface area contributed by atoms with E-state index in [1.54, 1.807) is 4.90 Å². The van der Waals surface area contributed by atoms with Gasteiger partial charge in [0.25, 0.3) is 0 Å². The highest BCUT2D eigenvalue weighted by Crippen LogP contribution is 2.35. The summed E-state index contributed by atoms with van der Waals surface area (Å²) >= 11 is 0. The number of carbonyl (C=O) groups excluding carboxylic acids is 1. The molecular formula is C28H40F3N7O2. The largest absolute Gasteiger partial charge is 0.421 e. The molecule has 2 saturated heterocycles. The van der Waals surface area contributed by atoms with Crippen LogP contribution in [-0.4, -0.2) is 78.3 Å². The van der Waals surface area contributed by atoms with Crippen molar-refractivity contribution in [2.75, 3.05) is 61.5 Å². The maximum atomic E-state index is 13.7. The van der Waals surface area contributed by atoms with Gasteiger partial charge in [0.2, 0.25) is 11.9 Å². The van der Waals surface area contributed by atoms with Gasteiger partial charge in [-0.1, -0.05) is 6.92 Å². The molecule has 12 heteroatoms. The number of nitrogens with one attached hydrogen (secondary N) is 3. The van der Waals surface area contributed by atoms with E-state index in [2.05, 4.69) is 57.7 Å². The number of amides is 1. The Morgan fingerprint density at radius 2 is 2.05 bits per heavy atom. The number of aromatic nitrogens is 2. The van der Waals surface area contributed by atoms with Gasteiger partial charge in [0.15, 0.2) is 0 Å². The molecule has 3 heterocycles. The number of ether oxygens (including phenoxy) is 1. The lowest BCUT2D eigenvalue weighted by molar-refractivity contribution is -0.137. The molecule has 2 aliphatic rings. The quantitative estimate of drug-likeness (QED) is 0.386. The minimum atomic E-state index is -4.61. The standard InChI is InChI=1S/C28H40F3N7O2/c1-5-20-16-21(38-14-11-32-19(2)27(38,3)4)8-9-23(20)35-26-34-17-22(28(29,30)31)25(36-26)33-10-6-12-37-13-7-15-40-18-24(37)39/h8-9,16-17,19,32H,5-7,10-15,18H2,1-4H3,(H2,33,34,35,36). The topological polar surface area (TPSA) is 94.6 Å². The van der Waals surface area contributed by atoms with Gasteiger partial charge in [-0.2, -0.15) is 18.2 Å². The highest BCUT2D eigenvalue weighted by Gasteiger charge is 2.37. The number of benzene rings is 1. The van der Waals surface area contributed by atoms with Crippen LogP contribution in [0, 0.1) is 0 Å². The number of nitrogens with zero attached hydrogens (tertiary/aromatic N) is 4. The van der Waals surface area contributed by atoms with Crippen molar-refractivity contribution in [1.29, 1.82) is 0 Å². The Morgan fingerprint density at radius 3 is 2.80 bits per heavy atom. The van der Waals surface area contributed by atoms with Crippen LogP contribution in [0.5, 0.6) is 0 Å². The molecular weight excluding hydrogens is 523 g/mol. The number of halogens is 3. The summed E-state index contributed by atoms with van der Waals surface area (Å²) in [6.45, 7) is 12.2. The van der Waals surface area contributed by atoms with E-state index >= 15 is 0 Å². The van der Waals surface area contributed by atoms with Gasteiger partial charge in [0.1, 0.15) is 18.0 Å². The molecule has 1 unspecified atom stereocenters. The van der Waals surface area contributed by atoms with E-state index in [1.165, 1.54) is 0 Å². The SMILES string of the molecule is CCc1cc(N2CCNC(C)C2(C)C)ccc1Nc1ncc(C(F)(F)F)c(NCCCN2CCCOCC2=O)n1. The van der Waals surface area contributed by atoms with Gasteiger partial charge in [-0.25, -0.2) is 4.98 Å². The molecule has 0 aliphatic carbocycles. The van der Waals surface area contributed by atoms with E-state index in [1.807, 2.05) is 19.1 Å². The molecule has 1 amide bonds. The van der Waals surface area contributed by atoms with Gasteiger partial charge < -0.3 is 30.5 Å². The second-order valence-corrected chi connectivity index (χ2v) is 10.8. The zero-order chi connectivity index (χ0) is 28.9. The summed E-state index contributed by atoms with van der Waals surface area (Å²) in [5, 5.41) is 9.47. The fraction of sp³-hybridized carbons (Fsp3) is 0.607. The fourth-order valence-electron chi connectivity index (χ4n) is 5.14. The van der Waals surface area contributed by atoms with E-state index in [4.69, 9.17) is 4.74 Å². The van der Waals surface area contributed by atoms with Crippen LogP contribution in [0.2, 0.25) is 0 Å². The summed E-state index contributed by atoms with van der Waals surface area (Å²) in [6.07, 6.45) is -1.87. The Bertz CT molecular complexity index is 1180. The normalized spacial score (nSPS) is 19.9. The summed E-state index contributed by atoms with van der Waals surface area (Å²) < 4.78 is 46.4. The zero-order valence-corrected chi connectivity index (χ0v) is 23.7. The number of hydrogen-bond donors (Lipinski definition) is 3. The molecule has 0 bridgehead atoms.